The molecule has 0 spiro atoms. The van der Waals surface area contributed by atoms with Gasteiger partial charge in [-0.1, -0.05) is 12.1 Å². The van der Waals surface area contributed by atoms with Crippen LogP contribution >= 0.6 is 0 Å². The summed E-state index contributed by atoms with van der Waals surface area (Å²) in [5.74, 6) is 1.04. The highest BCUT2D eigenvalue weighted by Crippen LogP contribution is 2.37. The molecule has 1 heterocycles. The third-order valence-electron chi connectivity index (χ3n) is 2.52. The molecule has 0 aliphatic heterocycles. The standard InChI is InChI=1S/C12H12F2N2O2/c1-17-10-5-3-4-9(11(10)18-2)8-6-15-16(7-8)12(13)14/h3-7,12H,1-2H3. The quantitative estimate of drug-likeness (QED) is 0.841. The van der Waals surface area contributed by atoms with E-state index in [9.17, 15) is 8.78 Å². The molecule has 2 rings (SSSR count). The van der Waals surface area contributed by atoms with Crippen molar-refractivity contribution in [2.75, 3.05) is 14.2 Å². The molecule has 6 heteroatoms. The Morgan fingerprint density at radius 1 is 1.22 bits per heavy atom. The van der Waals surface area contributed by atoms with Gasteiger partial charge in [0, 0.05) is 17.3 Å². The van der Waals surface area contributed by atoms with Gasteiger partial charge in [0.2, 0.25) is 0 Å². The fourth-order valence-corrected chi connectivity index (χ4v) is 1.70. The summed E-state index contributed by atoms with van der Waals surface area (Å²) in [6.07, 6.45) is 2.63. The minimum Gasteiger partial charge on any atom is -0.493 e. The van der Waals surface area contributed by atoms with Crippen molar-refractivity contribution in [3.8, 4) is 22.6 Å². The Kier molecular flexibility index (Phi) is 3.45. The first-order chi connectivity index (χ1) is 8.67. The molecule has 4 nitrogen and oxygen atoms in total. The van der Waals surface area contributed by atoms with E-state index >= 15 is 0 Å². The number of aromatic nitrogens is 2. The summed E-state index contributed by atoms with van der Waals surface area (Å²) in [7, 11) is 3.02. The van der Waals surface area contributed by atoms with Crippen molar-refractivity contribution in [3.63, 3.8) is 0 Å². The average Bonchev–Trinajstić information content (AvgIpc) is 2.87. The van der Waals surface area contributed by atoms with Crippen LogP contribution < -0.4 is 9.47 Å². The van der Waals surface area contributed by atoms with E-state index in [0.717, 1.165) is 0 Å². The molecule has 0 saturated heterocycles. The van der Waals surface area contributed by atoms with E-state index in [2.05, 4.69) is 5.10 Å². The van der Waals surface area contributed by atoms with Crippen LogP contribution in [0.25, 0.3) is 11.1 Å². The summed E-state index contributed by atoms with van der Waals surface area (Å²) in [6, 6.07) is 5.25. The predicted octanol–water partition coefficient (Wildman–Crippen LogP) is 2.96. The van der Waals surface area contributed by atoms with Gasteiger partial charge >= 0.3 is 6.55 Å². The summed E-state index contributed by atoms with van der Waals surface area (Å²) in [5, 5.41) is 3.59. The summed E-state index contributed by atoms with van der Waals surface area (Å²) in [4.78, 5) is 0. The van der Waals surface area contributed by atoms with Crippen LogP contribution in [0, 0.1) is 0 Å². The number of rotatable bonds is 4. The van der Waals surface area contributed by atoms with Crippen molar-refractivity contribution < 1.29 is 18.3 Å². The number of methoxy groups -OCH3 is 2. The zero-order valence-electron chi connectivity index (χ0n) is 9.93. The highest BCUT2D eigenvalue weighted by atomic mass is 19.3. The molecule has 0 amide bonds. The first-order valence-corrected chi connectivity index (χ1v) is 5.21. The normalized spacial score (nSPS) is 10.7. The van der Waals surface area contributed by atoms with Gasteiger partial charge in [0.05, 0.1) is 20.4 Å². The number of hydrogen-bond donors (Lipinski definition) is 0. The van der Waals surface area contributed by atoms with Crippen LogP contribution in [-0.4, -0.2) is 24.0 Å². The molecule has 0 unspecified atom stereocenters. The third kappa shape index (κ3) is 2.13. The summed E-state index contributed by atoms with van der Waals surface area (Å²) in [6.45, 7) is -2.66. The van der Waals surface area contributed by atoms with Crippen LogP contribution in [0.4, 0.5) is 8.78 Å². The van der Waals surface area contributed by atoms with Crippen molar-refractivity contribution in [2.24, 2.45) is 0 Å². The Morgan fingerprint density at radius 2 is 2.00 bits per heavy atom. The molecule has 0 fully saturated rings. The number of halogens is 2. The van der Waals surface area contributed by atoms with Crippen molar-refractivity contribution in [3.05, 3.63) is 30.6 Å². The van der Waals surface area contributed by atoms with Crippen LogP contribution in [0.15, 0.2) is 30.6 Å². The lowest BCUT2D eigenvalue weighted by molar-refractivity contribution is 0.0566. The molecule has 1 aromatic carbocycles. The fourth-order valence-electron chi connectivity index (χ4n) is 1.70. The van der Waals surface area contributed by atoms with Crippen LogP contribution in [0.1, 0.15) is 6.55 Å². The largest absolute Gasteiger partial charge is 0.493 e. The maximum Gasteiger partial charge on any atom is 0.333 e. The molecule has 0 radical (unpaired) electrons. The predicted molar refractivity (Wildman–Crippen MR) is 62.0 cm³/mol. The van der Waals surface area contributed by atoms with Crippen molar-refractivity contribution in [1.29, 1.82) is 0 Å². The van der Waals surface area contributed by atoms with Gasteiger partial charge in [-0.3, -0.25) is 0 Å². The lowest BCUT2D eigenvalue weighted by Gasteiger charge is -2.11. The Bertz CT molecular complexity index is 541. The second-order valence-electron chi connectivity index (χ2n) is 3.53. The van der Waals surface area contributed by atoms with Gasteiger partial charge in [0.25, 0.3) is 0 Å². The SMILES string of the molecule is COc1cccc(-c2cnn(C(F)F)c2)c1OC. The number of benzene rings is 1. The summed E-state index contributed by atoms with van der Waals surface area (Å²) < 4.78 is 35.9. The Morgan fingerprint density at radius 3 is 2.56 bits per heavy atom. The molecule has 96 valence electrons. The van der Waals surface area contributed by atoms with Gasteiger partial charge in [0.1, 0.15) is 0 Å². The number of alkyl halides is 2. The Hall–Kier alpha value is -2.11. The van der Waals surface area contributed by atoms with Crippen LogP contribution in [0.3, 0.4) is 0 Å². The fraction of sp³-hybridized carbons (Fsp3) is 0.250. The van der Waals surface area contributed by atoms with E-state index in [1.54, 1.807) is 18.2 Å². The number of para-hydroxylation sites is 1. The minimum atomic E-state index is -2.66. The van der Waals surface area contributed by atoms with Gasteiger partial charge in [-0.2, -0.15) is 13.9 Å². The van der Waals surface area contributed by atoms with Crippen molar-refractivity contribution in [1.82, 2.24) is 9.78 Å². The second kappa shape index (κ2) is 5.03. The molecule has 1 aromatic heterocycles. The average molecular weight is 254 g/mol. The summed E-state index contributed by atoms with van der Waals surface area (Å²) in [5.41, 5.74) is 1.20. The summed E-state index contributed by atoms with van der Waals surface area (Å²) >= 11 is 0. The number of nitrogens with zero attached hydrogens (tertiary/aromatic N) is 2. The molecule has 0 bridgehead atoms. The molecule has 18 heavy (non-hydrogen) atoms. The lowest BCUT2D eigenvalue weighted by atomic mass is 10.1. The van der Waals surface area contributed by atoms with E-state index in [0.29, 0.717) is 27.3 Å². The van der Waals surface area contributed by atoms with Gasteiger partial charge in [-0.15, -0.1) is 0 Å². The Balaban J connectivity index is 2.49. The topological polar surface area (TPSA) is 36.3 Å². The molecule has 2 aromatic rings. The first kappa shape index (κ1) is 12.3. The zero-order valence-corrected chi connectivity index (χ0v) is 9.93. The number of hydrogen-bond acceptors (Lipinski definition) is 3. The molecular formula is C12H12F2N2O2. The molecule has 0 N–H and O–H groups in total. The zero-order chi connectivity index (χ0) is 13.1. The lowest BCUT2D eigenvalue weighted by Crippen LogP contribution is -1.97. The van der Waals surface area contributed by atoms with Crippen molar-refractivity contribution in [2.45, 2.75) is 6.55 Å². The van der Waals surface area contributed by atoms with Gasteiger partial charge in [0.15, 0.2) is 11.5 Å². The molecule has 0 atom stereocenters. The third-order valence-corrected chi connectivity index (χ3v) is 2.52. The van der Waals surface area contributed by atoms with Crippen LogP contribution in [0.5, 0.6) is 11.5 Å². The highest BCUT2D eigenvalue weighted by molar-refractivity contribution is 5.72. The first-order valence-electron chi connectivity index (χ1n) is 5.21. The number of ether oxygens (including phenoxy) is 2. The molecule has 0 aliphatic carbocycles. The second-order valence-corrected chi connectivity index (χ2v) is 3.53. The van der Waals surface area contributed by atoms with E-state index in [1.807, 2.05) is 0 Å². The van der Waals surface area contributed by atoms with Crippen molar-refractivity contribution >= 4 is 0 Å². The van der Waals surface area contributed by atoms with E-state index in [-0.39, 0.29) is 0 Å². The minimum absolute atomic E-state index is 0.494. The molecule has 0 saturated carbocycles. The maximum absolute atomic E-state index is 12.5. The Labute approximate surface area is 103 Å². The van der Waals surface area contributed by atoms with Gasteiger partial charge in [-0.25, -0.2) is 4.68 Å². The highest BCUT2D eigenvalue weighted by Gasteiger charge is 2.14. The molecular weight excluding hydrogens is 242 g/mol. The van der Waals surface area contributed by atoms with E-state index in [4.69, 9.17) is 9.47 Å². The van der Waals surface area contributed by atoms with Gasteiger partial charge < -0.3 is 9.47 Å². The van der Waals surface area contributed by atoms with Gasteiger partial charge in [-0.05, 0) is 6.07 Å². The monoisotopic (exact) mass is 254 g/mol. The molecule has 0 aliphatic rings. The van der Waals surface area contributed by atoms with Crippen LogP contribution in [0.2, 0.25) is 0 Å². The van der Waals surface area contributed by atoms with E-state index in [1.165, 1.54) is 26.6 Å². The van der Waals surface area contributed by atoms with E-state index < -0.39 is 6.55 Å². The van der Waals surface area contributed by atoms with Crippen LogP contribution in [-0.2, 0) is 0 Å². The smallest absolute Gasteiger partial charge is 0.333 e. The maximum atomic E-state index is 12.5.